The van der Waals surface area contributed by atoms with Gasteiger partial charge in [0.1, 0.15) is 17.7 Å². The molecule has 144 valence electrons. The molecule has 0 radical (unpaired) electrons. The van der Waals surface area contributed by atoms with Crippen LogP contribution in [0.2, 0.25) is 0 Å². The lowest BCUT2D eigenvalue weighted by molar-refractivity contribution is -0.138. The number of fused-ring (bicyclic) bond motifs is 1. The van der Waals surface area contributed by atoms with Crippen molar-refractivity contribution in [2.45, 2.75) is 18.9 Å². The Bertz CT molecular complexity index is 1090. The van der Waals surface area contributed by atoms with E-state index in [0.29, 0.717) is 23.2 Å². The van der Waals surface area contributed by atoms with Gasteiger partial charge in [0.15, 0.2) is 0 Å². The Labute approximate surface area is 164 Å². The number of aromatic nitrogens is 2. The van der Waals surface area contributed by atoms with E-state index in [9.17, 15) is 14.4 Å². The fourth-order valence-electron chi connectivity index (χ4n) is 3.31. The fourth-order valence-corrected chi connectivity index (χ4v) is 4.22. The summed E-state index contributed by atoms with van der Waals surface area (Å²) in [6.45, 7) is 0.334. The van der Waals surface area contributed by atoms with E-state index in [4.69, 9.17) is 5.73 Å². The van der Waals surface area contributed by atoms with E-state index in [1.165, 1.54) is 22.6 Å². The van der Waals surface area contributed by atoms with Crippen LogP contribution in [0.1, 0.15) is 12.8 Å². The van der Waals surface area contributed by atoms with E-state index >= 15 is 0 Å². The Morgan fingerprint density at radius 1 is 1.29 bits per heavy atom. The zero-order valence-electron chi connectivity index (χ0n) is 15.0. The quantitative estimate of drug-likeness (QED) is 0.686. The number of hydrogen-bond acceptors (Lipinski definition) is 6. The molecule has 9 heteroatoms. The molecule has 1 fully saturated rings. The molecular formula is C19H19N5O3S. The van der Waals surface area contributed by atoms with Gasteiger partial charge in [-0.2, -0.15) is 0 Å². The van der Waals surface area contributed by atoms with Crippen LogP contribution in [0.15, 0.2) is 46.8 Å². The number of nitrogens with zero attached hydrogens (tertiary/aromatic N) is 3. The first kappa shape index (κ1) is 18.3. The highest BCUT2D eigenvalue weighted by atomic mass is 32.1. The van der Waals surface area contributed by atoms with E-state index in [1.54, 1.807) is 0 Å². The summed E-state index contributed by atoms with van der Waals surface area (Å²) in [5.74, 6) is -0.714. The fraction of sp³-hybridized carbons (Fsp3) is 0.263. The topological polar surface area (TPSA) is 110 Å². The molecule has 3 heterocycles. The molecular weight excluding hydrogens is 378 g/mol. The summed E-state index contributed by atoms with van der Waals surface area (Å²) in [6, 6.07) is 8.97. The smallest absolute Gasteiger partial charge is 0.281 e. The number of benzene rings is 1. The molecule has 0 bridgehead atoms. The molecule has 2 amide bonds. The maximum atomic E-state index is 12.9. The standard InChI is InChI=1S/C19H19N5O3S/c20-14-7-4-8-23(18(14)26)9-15(25)22-24-11-21-17-16(19(24)27)13(10-28-17)12-5-2-1-3-6-12/h1-3,5-6,10-11,14H,4,7-9,20H2,(H,22,25). The predicted molar refractivity (Wildman–Crippen MR) is 107 cm³/mol. The first-order valence-corrected chi connectivity index (χ1v) is 9.81. The molecule has 28 heavy (non-hydrogen) atoms. The van der Waals surface area contributed by atoms with Crippen LogP contribution in [0.5, 0.6) is 0 Å². The monoisotopic (exact) mass is 397 g/mol. The Kier molecular flexibility index (Phi) is 4.93. The van der Waals surface area contributed by atoms with Crippen molar-refractivity contribution in [1.82, 2.24) is 14.6 Å². The lowest BCUT2D eigenvalue weighted by Gasteiger charge is -2.29. The van der Waals surface area contributed by atoms with Crippen LogP contribution in [0, 0.1) is 0 Å². The van der Waals surface area contributed by atoms with E-state index in [-0.39, 0.29) is 18.0 Å². The number of piperidine rings is 1. The SMILES string of the molecule is NC1CCCN(CC(=O)Nn2cnc3scc(-c4ccccc4)c3c2=O)C1=O. The minimum absolute atomic E-state index is 0.147. The third-order valence-electron chi connectivity index (χ3n) is 4.73. The lowest BCUT2D eigenvalue weighted by Crippen LogP contribution is -2.51. The second kappa shape index (κ2) is 7.53. The van der Waals surface area contributed by atoms with Gasteiger partial charge in [-0.25, -0.2) is 9.66 Å². The van der Waals surface area contributed by atoms with Crippen molar-refractivity contribution in [3.8, 4) is 11.1 Å². The van der Waals surface area contributed by atoms with Gasteiger partial charge in [-0.3, -0.25) is 19.8 Å². The van der Waals surface area contributed by atoms with Gasteiger partial charge < -0.3 is 10.6 Å². The maximum absolute atomic E-state index is 12.9. The molecule has 1 aliphatic rings. The minimum atomic E-state index is -0.568. The first-order chi connectivity index (χ1) is 13.5. The van der Waals surface area contributed by atoms with Crippen LogP contribution < -0.4 is 16.7 Å². The molecule has 4 rings (SSSR count). The number of amides is 2. The number of hydrogen-bond donors (Lipinski definition) is 2. The normalized spacial score (nSPS) is 17.1. The Morgan fingerprint density at radius 3 is 2.86 bits per heavy atom. The van der Waals surface area contributed by atoms with Crippen LogP contribution >= 0.6 is 11.3 Å². The number of carbonyl (C=O) groups is 2. The second-order valence-corrected chi connectivity index (χ2v) is 7.52. The molecule has 3 N–H and O–H groups in total. The van der Waals surface area contributed by atoms with Crippen molar-refractivity contribution >= 4 is 33.4 Å². The molecule has 0 saturated carbocycles. The number of carbonyl (C=O) groups excluding carboxylic acids is 2. The van der Waals surface area contributed by atoms with Crippen LogP contribution in [0.4, 0.5) is 0 Å². The highest BCUT2D eigenvalue weighted by Crippen LogP contribution is 2.30. The molecule has 3 aromatic rings. The predicted octanol–water partition coefficient (Wildman–Crippen LogP) is 1.14. The van der Waals surface area contributed by atoms with Crippen LogP contribution in [0.3, 0.4) is 0 Å². The number of likely N-dealkylation sites (tertiary alicyclic amines) is 1. The summed E-state index contributed by atoms with van der Waals surface area (Å²) in [5.41, 5.74) is 9.61. The number of rotatable bonds is 4. The molecule has 1 aliphatic heterocycles. The Hall–Kier alpha value is -3.04. The third-order valence-corrected chi connectivity index (χ3v) is 5.62. The Morgan fingerprint density at radius 2 is 2.07 bits per heavy atom. The molecule has 0 spiro atoms. The van der Waals surface area contributed by atoms with Gasteiger partial charge in [0.25, 0.3) is 11.5 Å². The van der Waals surface area contributed by atoms with Gasteiger partial charge in [0, 0.05) is 17.5 Å². The molecule has 1 saturated heterocycles. The van der Waals surface area contributed by atoms with E-state index in [2.05, 4.69) is 10.4 Å². The summed E-state index contributed by atoms with van der Waals surface area (Å²) in [6.07, 6.45) is 2.66. The molecule has 8 nitrogen and oxygen atoms in total. The molecule has 1 unspecified atom stereocenters. The van der Waals surface area contributed by atoms with Gasteiger partial charge in [-0.15, -0.1) is 11.3 Å². The summed E-state index contributed by atoms with van der Waals surface area (Å²) < 4.78 is 1.07. The van der Waals surface area contributed by atoms with Crippen molar-refractivity contribution < 1.29 is 9.59 Å². The van der Waals surface area contributed by atoms with Crippen LogP contribution in [-0.4, -0.2) is 45.5 Å². The number of nitrogens with one attached hydrogen (secondary N) is 1. The third kappa shape index (κ3) is 3.41. The van der Waals surface area contributed by atoms with E-state index in [1.807, 2.05) is 35.7 Å². The molecule has 1 aromatic carbocycles. The van der Waals surface area contributed by atoms with Crippen molar-refractivity contribution in [2.75, 3.05) is 18.5 Å². The summed E-state index contributed by atoms with van der Waals surface area (Å²) >= 11 is 1.38. The molecule has 2 aromatic heterocycles. The highest BCUT2D eigenvalue weighted by Gasteiger charge is 2.27. The second-order valence-electron chi connectivity index (χ2n) is 6.66. The lowest BCUT2D eigenvalue weighted by atomic mass is 10.1. The van der Waals surface area contributed by atoms with Crippen molar-refractivity contribution in [3.63, 3.8) is 0 Å². The average Bonchev–Trinajstić information content (AvgIpc) is 3.13. The van der Waals surface area contributed by atoms with E-state index < -0.39 is 11.9 Å². The number of thiophene rings is 1. The molecule has 1 atom stereocenters. The summed E-state index contributed by atoms with van der Waals surface area (Å²) in [4.78, 5) is 43.7. The van der Waals surface area contributed by atoms with Gasteiger partial charge in [0.2, 0.25) is 5.91 Å². The van der Waals surface area contributed by atoms with Gasteiger partial charge in [-0.05, 0) is 18.4 Å². The maximum Gasteiger partial charge on any atom is 0.281 e. The summed E-state index contributed by atoms with van der Waals surface area (Å²) in [5, 5.41) is 2.34. The highest BCUT2D eigenvalue weighted by molar-refractivity contribution is 7.17. The van der Waals surface area contributed by atoms with Gasteiger partial charge >= 0.3 is 0 Å². The Balaban J connectivity index is 1.59. The van der Waals surface area contributed by atoms with E-state index in [0.717, 1.165) is 22.2 Å². The number of nitrogens with two attached hydrogens (primary N) is 1. The molecule has 0 aliphatic carbocycles. The van der Waals surface area contributed by atoms with Gasteiger partial charge in [0.05, 0.1) is 11.4 Å². The minimum Gasteiger partial charge on any atom is -0.332 e. The zero-order chi connectivity index (χ0) is 19.7. The van der Waals surface area contributed by atoms with Crippen molar-refractivity contribution in [2.24, 2.45) is 5.73 Å². The van der Waals surface area contributed by atoms with Crippen LogP contribution in [-0.2, 0) is 9.59 Å². The zero-order valence-corrected chi connectivity index (χ0v) is 15.8. The summed E-state index contributed by atoms with van der Waals surface area (Å²) in [7, 11) is 0. The average molecular weight is 397 g/mol. The van der Waals surface area contributed by atoms with Crippen molar-refractivity contribution in [1.29, 1.82) is 0 Å². The van der Waals surface area contributed by atoms with Gasteiger partial charge in [-0.1, -0.05) is 30.3 Å². The van der Waals surface area contributed by atoms with Crippen molar-refractivity contribution in [3.05, 3.63) is 52.4 Å². The first-order valence-electron chi connectivity index (χ1n) is 8.93. The van der Waals surface area contributed by atoms with Crippen LogP contribution in [0.25, 0.3) is 21.3 Å². The largest absolute Gasteiger partial charge is 0.332 e.